The van der Waals surface area contributed by atoms with E-state index in [0.717, 1.165) is 52.4 Å². The molecule has 0 unspecified atom stereocenters. The van der Waals surface area contributed by atoms with Gasteiger partial charge in [0.1, 0.15) is 0 Å². The van der Waals surface area contributed by atoms with Crippen molar-refractivity contribution in [3.8, 4) is 0 Å². The molecule has 1 saturated heterocycles. The molecule has 0 aliphatic carbocycles. The Labute approximate surface area is 165 Å². The lowest BCUT2D eigenvalue weighted by Gasteiger charge is -2.11. The van der Waals surface area contributed by atoms with Crippen LogP contribution in [0.5, 0.6) is 0 Å². The van der Waals surface area contributed by atoms with E-state index in [1.54, 1.807) is 0 Å². The van der Waals surface area contributed by atoms with Crippen LogP contribution in [-0.4, -0.2) is 52.4 Å². The van der Waals surface area contributed by atoms with Gasteiger partial charge in [-0.3, -0.25) is 0 Å². The van der Waals surface area contributed by atoms with E-state index < -0.39 is 0 Å². The zero-order valence-electron chi connectivity index (χ0n) is 18.1. The monoisotopic (exact) mass is 370 g/mol. The number of unbranched alkanes of at least 4 members (excludes halogenated alkanes) is 11. The topological polar surface area (TPSA) is 48.1 Å². The smallest absolute Gasteiger partial charge is 0.00772 e. The Morgan fingerprint density at radius 2 is 0.538 bits per heavy atom. The number of nitrogens with one attached hydrogen (secondary N) is 4. The first-order chi connectivity index (χ1) is 12.9. The van der Waals surface area contributed by atoms with Crippen molar-refractivity contribution in [3.05, 3.63) is 0 Å². The Bertz CT molecular complexity index is 181. The second-order valence-corrected chi connectivity index (χ2v) is 7.54. The molecule has 1 heterocycles. The van der Waals surface area contributed by atoms with Crippen LogP contribution in [0, 0.1) is 0 Å². The molecule has 0 aromatic heterocycles. The van der Waals surface area contributed by atoms with Crippen molar-refractivity contribution in [1.29, 1.82) is 0 Å². The molecule has 0 bridgehead atoms. The Hall–Kier alpha value is -0.160. The minimum Gasteiger partial charge on any atom is -0.314 e. The van der Waals surface area contributed by atoms with Crippen LogP contribution in [0.1, 0.15) is 90.9 Å². The molecule has 0 aromatic rings. The fourth-order valence-corrected chi connectivity index (χ4v) is 3.12. The second kappa shape index (κ2) is 24.8. The third-order valence-corrected chi connectivity index (χ3v) is 4.87. The molecule has 158 valence electrons. The van der Waals surface area contributed by atoms with Crippen molar-refractivity contribution in [1.82, 2.24) is 21.3 Å². The lowest BCUT2D eigenvalue weighted by Crippen LogP contribution is -2.39. The first-order valence-electron chi connectivity index (χ1n) is 11.7. The Morgan fingerprint density at radius 3 is 0.731 bits per heavy atom. The van der Waals surface area contributed by atoms with Gasteiger partial charge in [-0.1, -0.05) is 90.9 Å². The highest BCUT2D eigenvalue weighted by Gasteiger charge is 1.93. The van der Waals surface area contributed by atoms with Gasteiger partial charge in [-0.25, -0.2) is 0 Å². The predicted molar refractivity (Wildman–Crippen MR) is 118 cm³/mol. The standard InChI is InChI=1S/C14H30.C8H20N4/c1-3-5-7-9-11-13-14-12-10-8-6-4-2;1-2-10-5-6-12-8-7-11-4-3-9-1/h3-14H2,1-2H3;9-12H,1-8H2. The van der Waals surface area contributed by atoms with Gasteiger partial charge in [0.05, 0.1) is 0 Å². The fraction of sp³-hybridized carbons (Fsp3) is 1.00. The van der Waals surface area contributed by atoms with E-state index in [1.807, 2.05) is 0 Å². The summed E-state index contributed by atoms with van der Waals surface area (Å²) in [6.07, 6.45) is 17.4. The molecule has 1 fully saturated rings. The van der Waals surface area contributed by atoms with Crippen molar-refractivity contribution < 1.29 is 0 Å². The van der Waals surface area contributed by atoms with Gasteiger partial charge < -0.3 is 21.3 Å². The van der Waals surface area contributed by atoms with Crippen LogP contribution in [0.25, 0.3) is 0 Å². The zero-order chi connectivity index (χ0) is 19.0. The number of hydrogen-bond acceptors (Lipinski definition) is 4. The van der Waals surface area contributed by atoms with Crippen molar-refractivity contribution >= 4 is 0 Å². The molecule has 4 heteroatoms. The van der Waals surface area contributed by atoms with Gasteiger partial charge in [-0.2, -0.15) is 0 Å². The average molecular weight is 371 g/mol. The van der Waals surface area contributed by atoms with Crippen LogP contribution in [0.2, 0.25) is 0 Å². The van der Waals surface area contributed by atoms with E-state index in [2.05, 4.69) is 35.1 Å². The summed E-state index contributed by atoms with van der Waals surface area (Å²) in [6, 6.07) is 0. The lowest BCUT2D eigenvalue weighted by atomic mass is 10.1. The molecule has 0 atom stereocenters. The van der Waals surface area contributed by atoms with Crippen LogP contribution >= 0.6 is 0 Å². The predicted octanol–water partition coefficient (Wildman–Crippen LogP) is 4.07. The number of rotatable bonds is 11. The Balaban J connectivity index is 0.000000485. The molecule has 26 heavy (non-hydrogen) atoms. The lowest BCUT2D eigenvalue weighted by molar-refractivity contribution is 0.534. The molecule has 1 rings (SSSR count). The molecule has 1 aliphatic heterocycles. The normalized spacial score (nSPS) is 16.8. The van der Waals surface area contributed by atoms with E-state index in [4.69, 9.17) is 0 Å². The van der Waals surface area contributed by atoms with Gasteiger partial charge in [0.25, 0.3) is 0 Å². The van der Waals surface area contributed by atoms with Crippen LogP contribution in [-0.2, 0) is 0 Å². The molecular formula is C22H50N4. The summed E-state index contributed by atoms with van der Waals surface area (Å²) >= 11 is 0. The van der Waals surface area contributed by atoms with Crippen molar-refractivity contribution in [2.75, 3.05) is 52.4 Å². The highest BCUT2D eigenvalue weighted by molar-refractivity contribution is 4.59. The summed E-state index contributed by atoms with van der Waals surface area (Å²) in [5.41, 5.74) is 0. The maximum Gasteiger partial charge on any atom is 0.00772 e. The van der Waals surface area contributed by atoms with Crippen LogP contribution < -0.4 is 21.3 Å². The van der Waals surface area contributed by atoms with E-state index in [9.17, 15) is 0 Å². The van der Waals surface area contributed by atoms with Gasteiger partial charge in [0.15, 0.2) is 0 Å². The van der Waals surface area contributed by atoms with E-state index in [0.29, 0.717) is 0 Å². The maximum atomic E-state index is 3.36. The zero-order valence-corrected chi connectivity index (χ0v) is 18.1. The molecule has 0 radical (unpaired) electrons. The van der Waals surface area contributed by atoms with Crippen molar-refractivity contribution in [3.63, 3.8) is 0 Å². The van der Waals surface area contributed by atoms with Gasteiger partial charge >= 0.3 is 0 Å². The van der Waals surface area contributed by atoms with E-state index >= 15 is 0 Å². The van der Waals surface area contributed by atoms with Crippen LogP contribution in [0.15, 0.2) is 0 Å². The SMILES string of the molecule is C1CNCCNCCNCCN1.CCCCCCCCCCCCCC. The highest BCUT2D eigenvalue weighted by atomic mass is 15.0. The minimum atomic E-state index is 1.07. The Morgan fingerprint density at radius 1 is 0.346 bits per heavy atom. The molecule has 0 aromatic carbocycles. The maximum absolute atomic E-state index is 3.36. The molecule has 0 saturated carbocycles. The minimum absolute atomic E-state index is 1.07. The summed E-state index contributed by atoms with van der Waals surface area (Å²) in [5.74, 6) is 0. The molecule has 0 amide bonds. The van der Waals surface area contributed by atoms with Gasteiger partial charge in [0.2, 0.25) is 0 Å². The average Bonchev–Trinajstić information content (AvgIpc) is 2.64. The second-order valence-electron chi connectivity index (χ2n) is 7.54. The molecule has 0 spiro atoms. The van der Waals surface area contributed by atoms with E-state index in [1.165, 1.54) is 77.0 Å². The van der Waals surface area contributed by atoms with Gasteiger partial charge in [-0.15, -0.1) is 0 Å². The third-order valence-electron chi connectivity index (χ3n) is 4.87. The van der Waals surface area contributed by atoms with Crippen LogP contribution in [0.3, 0.4) is 0 Å². The quantitative estimate of drug-likeness (QED) is 0.414. The van der Waals surface area contributed by atoms with E-state index in [-0.39, 0.29) is 0 Å². The molecular weight excluding hydrogens is 320 g/mol. The summed E-state index contributed by atoms with van der Waals surface area (Å²) in [6.45, 7) is 13.1. The highest BCUT2D eigenvalue weighted by Crippen LogP contribution is 2.11. The van der Waals surface area contributed by atoms with Crippen LogP contribution in [0.4, 0.5) is 0 Å². The summed E-state index contributed by atoms with van der Waals surface area (Å²) < 4.78 is 0. The summed E-state index contributed by atoms with van der Waals surface area (Å²) in [5, 5.41) is 13.4. The first-order valence-corrected chi connectivity index (χ1v) is 11.7. The fourth-order valence-electron chi connectivity index (χ4n) is 3.12. The van der Waals surface area contributed by atoms with Crippen molar-refractivity contribution in [2.24, 2.45) is 0 Å². The molecule has 4 nitrogen and oxygen atoms in total. The molecule has 4 N–H and O–H groups in total. The number of hydrogen-bond donors (Lipinski definition) is 4. The van der Waals surface area contributed by atoms with Crippen molar-refractivity contribution in [2.45, 2.75) is 90.9 Å². The third kappa shape index (κ3) is 23.8. The summed E-state index contributed by atoms with van der Waals surface area (Å²) in [7, 11) is 0. The Kier molecular flexibility index (Phi) is 24.7. The van der Waals surface area contributed by atoms with Gasteiger partial charge in [0, 0.05) is 52.4 Å². The van der Waals surface area contributed by atoms with Gasteiger partial charge in [-0.05, 0) is 0 Å². The first kappa shape index (κ1) is 25.8. The largest absolute Gasteiger partial charge is 0.314 e. The summed E-state index contributed by atoms with van der Waals surface area (Å²) in [4.78, 5) is 0. The molecule has 1 aliphatic rings.